The van der Waals surface area contributed by atoms with Crippen molar-refractivity contribution in [2.24, 2.45) is 0 Å². The van der Waals surface area contributed by atoms with Gasteiger partial charge < -0.3 is 20.1 Å². The van der Waals surface area contributed by atoms with Gasteiger partial charge in [-0.1, -0.05) is 18.2 Å². The Hall–Kier alpha value is -2.12. The molecule has 0 radical (unpaired) electrons. The molecule has 0 fully saturated rings. The first kappa shape index (κ1) is 20.9. The van der Waals surface area contributed by atoms with Crippen LogP contribution in [0.3, 0.4) is 0 Å². The van der Waals surface area contributed by atoms with E-state index in [0.29, 0.717) is 13.1 Å². The Morgan fingerprint density at radius 2 is 2.00 bits per heavy atom. The van der Waals surface area contributed by atoms with Crippen LogP contribution in [0.5, 0.6) is 0 Å². The van der Waals surface area contributed by atoms with E-state index in [1.807, 2.05) is 20.9 Å². The topological polar surface area (TPSA) is 82.1 Å². The molecule has 2 rings (SSSR count). The van der Waals surface area contributed by atoms with E-state index in [1.165, 1.54) is 11.1 Å². The van der Waals surface area contributed by atoms with E-state index in [0.717, 1.165) is 18.7 Å². The zero-order valence-corrected chi connectivity index (χ0v) is 15.7. The summed E-state index contributed by atoms with van der Waals surface area (Å²) in [4.78, 5) is 24.5. The molecule has 1 heterocycles. The highest BCUT2D eigenvalue weighted by Crippen LogP contribution is 2.22. The lowest BCUT2D eigenvalue weighted by atomic mass is 10.1. The van der Waals surface area contributed by atoms with Gasteiger partial charge in [-0.15, -0.1) is 0 Å². The third-order valence-corrected chi connectivity index (χ3v) is 4.14. The Morgan fingerprint density at radius 3 is 2.60 bits per heavy atom. The smallest absolute Gasteiger partial charge is 0.317 e. The zero-order chi connectivity index (χ0) is 19.0. The van der Waals surface area contributed by atoms with Crippen LogP contribution in [-0.4, -0.2) is 60.8 Å². The number of benzene rings is 1. The van der Waals surface area contributed by atoms with Crippen LogP contribution in [0.4, 0.5) is 4.79 Å². The van der Waals surface area contributed by atoms with E-state index in [9.17, 15) is 4.79 Å². The number of carboxylic acid groups (broad SMARTS) is 1. The van der Waals surface area contributed by atoms with Crippen molar-refractivity contribution in [3.8, 4) is 0 Å². The molecule has 0 bridgehead atoms. The number of urea groups is 1. The number of rotatable bonds is 5. The molecule has 0 atom stereocenters. The van der Waals surface area contributed by atoms with Crippen LogP contribution in [0.15, 0.2) is 18.2 Å². The maximum absolute atomic E-state index is 12.1. The lowest BCUT2D eigenvalue weighted by Gasteiger charge is -2.25. The minimum Gasteiger partial charge on any atom is -0.483 e. The summed E-state index contributed by atoms with van der Waals surface area (Å²) in [6.07, 6.45) is 0. The molecule has 2 amide bonds. The van der Waals surface area contributed by atoms with Crippen LogP contribution in [-0.2, 0) is 29.2 Å². The quantitative estimate of drug-likeness (QED) is 0.792. The predicted molar refractivity (Wildman–Crippen MR) is 96.3 cm³/mol. The van der Waals surface area contributed by atoms with Crippen LogP contribution in [0.2, 0.25) is 0 Å². The fraction of sp³-hybridized carbons (Fsp3) is 0.556. The zero-order valence-electron chi connectivity index (χ0n) is 15.7. The summed E-state index contributed by atoms with van der Waals surface area (Å²) in [5.41, 5.74) is 3.57. The largest absolute Gasteiger partial charge is 0.483 e. The van der Waals surface area contributed by atoms with Crippen molar-refractivity contribution in [3.63, 3.8) is 0 Å². The van der Waals surface area contributed by atoms with Crippen molar-refractivity contribution in [3.05, 3.63) is 34.9 Å². The van der Waals surface area contributed by atoms with Gasteiger partial charge in [-0.3, -0.25) is 9.69 Å². The van der Waals surface area contributed by atoms with E-state index < -0.39 is 0 Å². The van der Waals surface area contributed by atoms with Crippen molar-refractivity contribution < 1.29 is 19.4 Å². The Bertz CT molecular complexity index is 590. The molecule has 0 aromatic heterocycles. The summed E-state index contributed by atoms with van der Waals surface area (Å²) in [6.45, 7) is 6.74. The Morgan fingerprint density at radius 1 is 1.40 bits per heavy atom. The highest BCUT2D eigenvalue weighted by molar-refractivity contribution is 5.73. The molecule has 2 N–H and O–H groups in total. The molecule has 0 saturated heterocycles. The molecule has 140 valence electrons. The van der Waals surface area contributed by atoms with Gasteiger partial charge in [-0.2, -0.15) is 0 Å². The number of carbonyl (C=O) groups is 2. The van der Waals surface area contributed by atoms with Gasteiger partial charge in [0.25, 0.3) is 6.47 Å². The van der Waals surface area contributed by atoms with Crippen LogP contribution < -0.4 is 5.32 Å². The summed E-state index contributed by atoms with van der Waals surface area (Å²) in [5.74, 6) is 0. The van der Waals surface area contributed by atoms with Crippen molar-refractivity contribution in [1.29, 1.82) is 0 Å². The second kappa shape index (κ2) is 9.39. The predicted octanol–water partition coefficient (Wildman–Crippen LogP) is 1.90. The number of carbonyl (C=O) groups excluding carboxylic acids is 1. The van der Waals surface area contributed by atoms with Gasteiger partial charge in [0, 0.05) is 40.3 Å². The molecule has 1 aromatic carbocycles. The lowest BCUT2D eigenvalue weighted by Crippen LogP contribution is -2.44. The van der Waals surface area contributed by atoms with Gasteiger partial charge in [0.2, 0.25) is 0 Å². The van der Waals surface area contributed by atoms with Crippen molar-refractivity contribution >= 4 is 12.5 Å². The van der Waals surface area contributed by atoms with Crippen LogP contribution >= 0.6 is 0 Å². The van der Waals surface area contributed by atoms with Gasteiger partial charge in [0.15, 0.2) is 0 Å². The van der Waals surface area contributed by atoms with Crippen LogP contribution in [0, 0.1) is 0 Å². The second-order valence-corrected chi connectivity index (χ2v) is 6.86. The van der Waals surface area contributed by atoms with E-state index in [2.05, 4.69) is 35.5 Å². The maximum atomic E-state index is 12.1. The number of hydrogen-bond donors (Lipinski definition) is 2. The standard InChI is InChI=1S/C17H27N3O2.CH2O2/c1-17(2,22-5)12-18-16(21)20(4)9-13-6-7-14-10-19(3)11-15(14)8-13;2-1-3/h6-8H,9-12H2,1-5H3,(H,18,21);1H,(H,2,3). The average molecular weight is 351 g/mol. The number of methoxy groups -OCH3 is 1. The minimum absolute atomic E-state index is 0.0808. The number of amides is 2. The molecule has 0 aliphatic carbocycles. The van der Waals surface area contributed by atoms with E-state index in [4.69, 9.17) is 14.6 Å². The number of hydrogen-bond acceptors (Lipinski definition) is 4. The Labute approximate surface area is 149 Å². The number of ether oxygens (including phenoxy) is 1. The molecule has 0 saturated carbocycles. The van der Waals surface area contributed by atoms with E-state index >= 15 is 0 Å². The Kier molecular flexibility index (Phi) is 7.86. The first-order valence-corrected chi connectivity index (χ1v) is 8.13. The third-order valence-electron chi connectivity index (χ3n) is 4.14. The normalized spacial score (nSPS) is 13.5. The fourth-order valence-corrected chi connectivity index (χ4v) is 2.56. The molecule has 7 nitrogen and oxygen atoms in total. The molecular weight excluding hydrogens is 322 g/mol. The van der Waals surface area contributed by atoms with E-state index in [-0.39, 0.29) is 18.1 Å². The van der Waals surface area contributed by atoms with Crippen molar-refractivity contribution in [1.82, 2.24) is 15.1 Å². The summed E-state index contributed by atoms with van der Waals surface area (Å²) >= 11 is 0. The number of nitrogens with zero attached hydrogens (tertiary/aromatic N) is 2. The van der Waals surface area contributed by atoms with Crippen molar-refractivity contribution in [2.45, 2.75) is 39.1 Å². The SMILES string of the molecule is COC(C)(C)CNC(=O)N(C)Cc1ccc2c(c1)CN(C)C2.O=CO. The van der Waals surface area contributed by atoms with Crippen molar-refractivity contribution in [2.75, 3.05) is 27.7 Å². The summed E-state index contributed by atoms with van der Waals surface area (Å²) < 4.78 is 5.31. The van der Waals surface area contributed by atoms with Gasteiger partial charge in [-0.05, 0) is 37.6 Å². The van der Waals surface area contributed by atoms with Gasteiger partial charge >= 0.3 is 6.03 Å². The van der Waals surface area contributed by atoms with Gasteiger partial charge in [-0.25, -0.2) is 4.79 Å². The van der Waals surface area contributed by atoms with Crippen LogP contribution in [0.1, 0.15) is 30.5 Å². The van der Waals surface area contributed by atoms with Gasteiger partial charge in [0.05, 0.1) is 5.60 Å². The Balaban J connectivity index is 0.000000970. The monoisotopic (exact) mass is 351 g/mol. The highest BCUT2D eigenvalue weighted by atomic mass is 16.5. The lowest BCUT2D eigenvalue weighted by molar-refractivity contribution is -0.122. The summed E-state index contributed by atoms with van der Waals surface area (Å²) in [7, 11) is 5.59. The molecule has 0 spiro atoms. The highest BCUT2D eigenvalue weighted by Gasteiger charge is 2.19. The maximum Gasteiger partial charge on any atom is 0.317 e. The summed E-state index contributed by atoms with van der Waals surface area (Å²) in [5, 5.41) is 9.80. The fourth-order valence-electron chi connectivity index (χ4n) is 2.56. The minimum atomic E-state index is -0.353. The average Bonchev–Trinajstić information content (AvgIpc) is 2.92. The first-order valence-electron chi connectivity index (χ1n) is 8.13. The first-order chi connectivity index (χ1) is 11.7. The molecule has 1 aliphatic rings. The molecular formula is C18H29N3O4. The summed E-state index contributed by atoms with van der Waals surface area (Å²) in [6, 6.07) is 6.42. The van der Waals surface area contributed by atoms with Gasteiger partial charge in [0.1, 0.15) is 0 Å². The molecule has 25 heavy (non-hydrogen) atoms. The van der Waals surface area contributed by atoms with E-state index in [1.54, 1.807) is 12.0 Å². The second-order valence-electron chi connectivity index (χ2n) is 6.86. The third kappa shape index (κ3) is 6.72. The molecule has 1 aliphatic heterocycles. The molecule has 1 aromatic rings. The number of fused-ring (bicyclic) bond motifs is 1. The molecule has 0 unspecified atom stereocenters. The van der Waals surface area contributed by atoms with Crippen LogP contribution in [0.25, 0.3) is 0 Å². The number of nitrogens with one attached hydrogen (secondary N) is 1. The molecule has 7 heteroatoms.